The highest BCUT2D eigenvalue weighted by Gasteiger charge is 2.38. The van der Waals surface area contributed by atoms with E-state index in [4.69, 9.17) is 5.26 Å². The van der Waals surface area contributed by atoms with E-state index in [9.17, 15) is 13.2 Å². The second kappa shape index (κ2) is 5.46. The zero-order valence-electron chi connectivity index (χ0n) is 11.0. The molecule has 112 valence electrons. The first-order chi connectivity index (χ1) is 10.5. The summed E-state index contributed by atoms with van der Waals surface area (Å²) in [5.74, 6) is -0.658. The molecule has 9 heteroatoms. The van der Waals surface area contributed by atoms with Crippen molar-refractivity contribution in [1.82, 2.24) is 19.6 Å². The SMILES string of the molecule is N#CCCSc1nc2ccccc2n2c(C(F)(F)F)nnc12. The van der Waals surface area contributed by atoms with Crippen LogP contribution in [-0.4, -0.2) is 25.3 Å². The van der Waals surface area contributed by atoms with E-state index in [0.717, 1.165) is 4.40 Å². The van der Waals surface area contributed by atoms with Crippen LogP contribution < -0.4 is 0 Å². The predicted octanol–water partition coefficient (Wildman–Crippen LogP) is 3.30. The summed E-state index contributed by atoms with van der Waals surface area (Å²) in [5.41, 5.74) is 0.758. The van der Waals surface area contributed by atoms with Crippen molar-refractivity contribution in [2.45, 2.75) is 17.6 Å². The van der Waals surface area contributed by atoms with Crippen molar-refractivity contribution in [1.29, 1.82) is 5.26 Å². The lowest BCUT2D eigenvalue weighted by molar-refractivity contribution is -0.145. The summed E-state index contributed by atoms with van der Waals surface area (Å²) in [6.07, 6.45) is -4.34. The number of alkyl halides is 3. The molecule has 0 atom stereocenters. The van der Waals surface area contributed by atoms with Gasteiger partial charge in [-0.3, -0.25) is 4.40 Å². The van der Waals surface area contributed by atoms with Crippen molar-refractivity contribution < 1.29 is 13.2 Å². The van der Waals surface area contributed by atoms with Crippen molar-refractivity contribution in [3.05, 3.63) is 30.1 Å². The molecule has 2 aromatic heterocycles. The van der Waals surface area contributed by atoms with Gasteiger partial charge in [0.25, 0.3) is 0 Å². The largest absolute Gasteiger partial charge is 0.452 e. The molecule has 1 aromatic carbocycles. The van der Waals surface area contributed by atoms with Gasteiger partial charge < -0.3 is 0 Å². The molecule has 0 radical (unpaired) electrons. The van der Waals surface area contributed by atoms with Gasteiger partial charge in [0.15, 0.2) is 5.65 Å². The fourth-order valence-electron chi connectivity index (χ4n) is 2.03. The molecular weight excluding hydrogens is 315 g/mol. The molecular formula is C13H8F3N5S. The molecule has 5 nitrogen and oxygen atoms in total. The van der Waals surface area contributed by atoms with E-state index >= 15 is 0 Å². The van der Waals surface area contributed by atoms with Gasteiger partial charge >= 0.3 is 6.18 Å². The van der Waals surface area contributed by atoms with Gasteiger partial charge in [-0.15, -0.1) is 22.0 Å². The van der Waals surface area contributed by atoms with Crippen LogP contribution in [0, 0.1) is 11.3 Å². The summed E-state index contributed by atoms with van der Waals surface area (Å²) >= 11 is 1.19. The second-order valence-electron chi connectivity index (χ2n) is 4.34. The van der Waals surface area contributed by atoms with Gasteiger partial charge in [-0.2, -0.15) is 18.4 Å². The molecule has 0 saturated carbocycles. The Morgan fingerprint density at radius 3 is 2.73 bits per heavy atom. The highest BCUT2D eigenvalue weighted by molar-refractivity contribution is 7.99. The fourth-order valence-corrected chi connectivity index (χ4v) is 2.84. The minimum Gasteiger partial charge on any atom is -0.267 e. The molecule has 0 saturated heterocycles. The Morgan fingerprint density at radius 1 is 1.23 bits per heavy atom. The number of rotatable bonds is 3. The molecule has 0 fully saturated rings. The van der Waals surface area contributed by atoms with Crippen LogP contribution >= 0.6 is 11.8 Å². The van der Waals surface area contributed by atoms with Crippen LogP contribution in [0.1, 0.15) is 12.2 Å². The van der Waals surface area contributed by atoms with Crippen LogP contribution in [0.5, 0.6) is 0 Å². The third kappa shape index (κ3) is 2.46. The fraction of sp³-hybridized carbons (Fsp3) is 0.231. The monoisotopic (exact) mass is 323 g/mol. The molecule has 0 aliphatic rings. The van der Waals surface area contributed by atoms with Crippen molar-refractivity contribution in [2.24, 2.45) is 0 Å². The van der Waals surface area contributed by atoms with Crippen molar-refractivity contribution in [2.75, 3.05) is 5.75 Å². The Bertz CT molecular complexity index is 881. The van der Waals surface area contributed by atoms with E-state index in [-0.39, 0.29) is 12.1 Å². The standard InChI is InChI=1S/C13H8F3N5S/c14-13(15,16)12-20-19-10-11(22-7-3-6-17)18-8-4-1-2-5-9(8)21(10)12/h1-2,4-5H,3,7H2. The molecule has 3 rings (SSSR count). The van der Waals surface area contributed by atoms with E-state index in [1.165, 1.54) is 17.8 Å². The number of hydrogen-bond acceptors (Lipinski definition) is 5. The molecule has 0 amide bonds. The Hall–Kier alpha value is -2.34. The van der Waals surface area contributed by atoms with Gasteiger partial charge in [-0.25, -0.2) is 4.98 Å². The smallest absolute Gasteiger partial charge is 0.267 e. The Morgan fingerprint density at radius 2 is 2.00 bits per heavy atom. The maximum absolute atomic E-state index is 13.1. The Balaban J connectivity index is 2.28. The molecule has 0 unspecified atom stereocenters. The Kier molecular flexibility index (Phi) is 3.62. The van der Waals surface area contributed by atoms with E-state index in [2.05, 4.69) is 15.2 Å². The third-order valence-electron chi connectivity index (χ3n) is 2.91. The first-order valence-electron chi connectivity index (χ1n) is 6.23. The average Bonchev–Trinajstić information content (AvgIpc) is 2.93. The number of nitriles is 1. The first-order valence-corrected chi connectivity index (χ1v) is 7.22. The summed E-state index contributed by atoms with van der Waals surface area (Å²) in [6.45, 7) is 0. The topological polar surface area (TPSA) is 66.9 Å². The van der Waals surface area contributed by atoms with Crippen LogP contribution in [0.25, 0.3) is 16.7 Å². The number of para-hydroxylation sites is 2. The number of hydrogen-bond donors (Lipinski definition) is 0. The van der Waals surface area contributed by atoms with Crippen LogP contribution in [0.3, 0.4) is 0 Å². The first kappa shape index (κ1) is 14.6. The zero-order valence-corrected chi connectivity index (χ0v) is 11.8. The average molecular weight is 323 g/mol. The summed E-state index contributed by atoms with van der Waals surface area (Å²) in [4.78, 5) is 4.33. The normalized spacial score (nSPS) is 11.9. The summed E-state index contributed by atoms with van der Waals surface area (Å²) < 4.78 is 40.3. The number of aromatic nitrogens is 4. The van der Waals surface area contributed by atoms with Gasteiger partial charge in [0.05, 0.1) is 17.1 Å². The van der Waals surface area contributed by atoms with Crippen LogP contribution in [-0.2, 0) is 6.18 Å². The number of benzene rings is 1. The molecule has 0 N–H and O–H groups in total. The van der Waals surface area contributed by atoms with Gasteiger partial charge in [-0.1, -0.05) is 12.1 Å². The quantitative estimate of drug-likeness (QED) is 0.546. The number of fused-ring (bicyclic) bond motifs is 3. The molecule has 22 heavy (non-hydrogen) atoms. The van der Waals surface area contributed by atoms with Crippen LogP contribution in [0.2, 0.25) is 0 Å². The maximum atomic E-state index is 13.1. The van der Waals surface area contributed by atoms with E-state index in [1.807, 2.05) is 6.07 Å². The zero-order chi connectivity index (χ0) is 15.7. The van der Waals surface area contributed by atoms with Crippen LogP contribution in [0.4, 0.5) is 13.2 Å². The third-order valence-corrected chi connectivity index (χ3v) is 3.86. The Labute approximate surface area is 126 Å². The van der Waals surface area contributed by atoms with Gasteiger partial charge in [-0.05, 0) is 12.1 Å². The highest BCUT2D eigenvalue weighted by Crippen LogP contribution is 2.32. The van der Waals surface area contributed by atoms with E-state index in [0.29, 0.717) is 21.8 Å². The second-order valence-corrected chi connectivity index (χ2v) is 5.43. The molecule has 0 bridgehead atoms. The minimum absolute atomic E-state index is 0.0500. The molecule has 0 spiro atoms. The van der Waals surface area contributed by atoms with Crippen molar-refractivity contribution in [3.63, 3.8) is 0 Å². The predicted molar refractivity (Wildman–Crippen MR) is 74.2 cm³/mol. The number of halogens is 3. The summed E-state index contributed by atoms with van der Waals surface area (Å²) in [7, 11) is 0. The molecule has 3 aromatic rings. The van der Waals surface area contributed by atoms with Gasteiger partial charge in [0, 0.05) is 12.2 Å². The minimum atomic E-state index is -4.61. The molecule has 0 aliphatic heterocycles. The number of thioether (sulfide) groups is 1. The lowest BCUT2D eigenvalue weighted by atomic mass is 10.3. The van der Waals surface area contributed by atoms with Crippen LogP contribution in [0.15, 0.2) is 29.3 Å². The lowest BCUT2D eigenvalue weighted by Gasteiger charge is -2.09. The van der Waals surface area contributed by atoms with E-state index < -0.39 is 12.0 Å². The van der Waals surface area contributed by atoms with Crippen molar-refractivity contribution >= 4 is 28.4 Å². The van der Waals surface area contributed by atoms with Gasteiger partial charge in [0.2, 0.25) is 5.82 Å². The molecule has 2 heterocycles. The maximum Gasteiger partial charge on any atom is 0.452 e. The lowest BCUT2D eigenvalue weighted by Crippen LogP contribution is -2.11. The highest BCUT2D eigenvalue weighted by atomic mass is 32.2. The van der Waals surface area contributed by atoms with Gasteiger partial charge in [0.1, 0.15) is 5.03 Å². The summed E-state index contributed by atoms with van der Waals surface area (Å²) in [5, 5.41) is 15.8. The van der Waals surface area contributed by atoms with E-state index in [1.54, 1.807) is 18.2 Å². The van der Waals surface area contributed by atoms with Crippen molar-refractivity contribution in [3.8, 4) is 6.07 Å². The molecule has 0 aliphatic carbocycles. The summed E-state index contributed by atoms with van der Waals surface area (Å²) in [6, 6.07) is 8.48. The number of nitrogens with zero attached hydrogens (tertiary/aromatic N) is 5.